The van der Waals surface area contributed by atoms with Gasteiger partial charge in [-0.2, -0.15) is 0 Å². The molecule has 8 atom stereocenters. The van der Waals surface area contributed by atoms with Crippen molar-refractivity contribution >= 4 is 40.3 Å². The Balaban J connectivity index is 2.34. The second-order valence-electron chi connectivity index (χ2n) is 13.2. The van der Waals surface area contributed by atoms with Crippen molar-refractivity contribution in [2.24, 2.45) is 23.7 Å². The number of fused-ring (bicyclic) bond motifs is 15. The number of aliphatic carboxylic acids is 1. The first kappa shape index (κ1) is 42.3. The normalized spacial score (nSPS) is 28.3. The smallest absolute Gasteiger partial charge is 0.347 e. The van der Waals surface area contributed by atoms with Crippen LogP contribution in [0.3, 0.4) is 0 Å². The van der Waals surface area contributed by atoms with E-state index in [2.05, 4.69) is 5.32 Å². The lowest BCUT2D eigenvalue weighted by Crippen LogP contribution is -2.46. The molecule has 4 rings (SSSR count). The molecule has 290 valence electrons. The maximum atomic E-state index is 13.9. The minimum Gasteiger partial charge on any atom is -0.507 e. The number of carbonyl (C=O) groups is 4. The molecule has 2 aromatic carbocycles. The topological polar surface area (TPSA) is 228 Å². The van der Waals surface area contributed by atoms with Crippen LogP contribution >= 0.6 is 0 Å². The van der Waals surface area contributed by atoms with Crippen LogP contribution in [0.5, 0.6) is 23.0 Å². The van der Waals surface area contributed by atoms with Gasteiger partial charge in [0, 0.05) is 60.3 Å². The summed E-state index contributed by atoms with van der Waals surface area (Å²) < 4.78 is 27.8. The molecule has 0 spiro atoms. The van der Waals surface area contributed by atoms with E-state index < -0.39 is 90.0 Å². The fourth-order valence-electron chi connectivity index (χ4n) is 6.44. The highest BCUT2D eigenvalue weighted by atomic mass is 16.6. The Morgan fingerprint density at radius 1 is 0.925 bits per heavy atom. The van der Waals surface area contributed by atoms with Crippen molar-refractivity contribution in [3.8, 4) is 23.0 Å². The number of nitrogens with one attached hydrogen (secondary N) is 1. The zero-order chi connectivity index (χ0) is 39.9. The Bertz CT molecular complexity index is 1800. The van der Waals surface area contributed by atoms with Crippen molar-refractivity contribution < 1.29 is 68.4 Å². The summed E-state index contributed by atoms with van der Waals surface area (Å²) in [5.41, 5.74) is -0.491. The van der Waals surface area contributed by atoms with Crippen LogP contribution < -0.4 is 14.8 Å². The Labute approximate surface area is 307 Å². The van der Waals surface area contributed by atoms with Crippen LogP contribution in [0.1, 0.15) is 57.5 Å². The Morgan fingerprint density at radius 3 is 2.17 bits per heavy atom. The average molecular weight is 744 g/mol. The SMILES string of the molecule is COc1c(C)c(O)c2c(O)c3cc(OCC(=O)O)c2c1C(=O)O/C=C/[C@H](OC)[C@@H](C)[C@@H](OC(C)=O)[C@H](C)[C@H](O)[C@H](C)[C@@H](O)[C@@H](C)/C=C/C=C(/C)C(=O)N3. The van der Waals surface area contributed by atoms with Crippen molar-refractivity contribution in [1.29, 1.82) is 0 Å². The number of aliphatic hydroxyl groups is 2. The van der Waals surface area contributed by atoms with E-state index in [9.17, 15) is 44.7 Å². The predicted octanol–water partition coefficient (Wildman–Crippen LogP) is 4.37. The van der Waals surface area contributed by atoms with Crippen LogP contribution in [0.4, 0.5) is 5.69 Å². The molecule has 0 saturated carbocycles. The zero-order valence-corrected chi connectivity index (χ0v) is 31.2. The molecule has 53 heavy (non-hydrogen) atoms. The van der Waals surface area contributed by atoms with Gasteiger partial charge in [0.15, 0.2) is 12.4 Å². The van der Waals surface area contributed by atoms with Gasteiger partial charge in [-0.1, -0.05) is 45.9 Å². The average Bonchev–Trinajstić information content (AvgIpc) is 3.11. The van der Waals surface area contributed by atoms with Crippen LogP contribution in [0.25, 0.3) is 10.8 Å². The number of carboxylic acid groups (broad SMARTS) is 1. The molecule has 0 aliphatic carbocycles. The van der Waals surface area contributed by atoms with E-state index in [-0.39, 0.29) is 44.7 Å². The second kappa shape index (κ2) is 18.1. The van der Waals surface area contributed by atoms with Gasteiger partial charge >= 0.3 is 17.9 Å². The molecule has 0 aromatic heterocycles. The maximum absolute atomic E-state index is 13.9. The number of allylic oxidation sites excluding steroid dienone is 2. The Kier molecular flexibility index (Phi) is 14.4. The number of carboxylic acids is 1. The number of esters is 2. The van der Waals surface area contributed by atoms with E-state index in [0.717, 1.165) is 12.3 Å². The van der Waals surface area contributed by atoms with Gasteiger partial charge in [-0.25, -0.2) is 9.59 Å². The fourth-order valence-corrected chi connectivity index (χ4v) is 6.44. The number of hydrogen-bond acceptors (Lipinski definition) is 13. The highest BCUT2D eigenvalue weighted by Crippen LogP contribution is 2.50. The second-order valence-corrected chi connectivity index (χ2v) is 13.2. The predicted molar refractivity (Wildman–Crippen MR) is 193 cm³/mol. The van der Waals surface area contributed by atoms with Gasteiger partial charge in [-0.15, -0.1) is 0 Å². The third-order valence-corrected chi connectivity index (χ3v) is 9.53. The number of phenolic OH excluding ortho intramolecular Hbond substituents is 2. The molecular formula is C38H49NO14. The van der Waals surface area contributed by atoms with Crippen molar-refractivity contribution in [3.63, 3.8) is 0 Å². The molecule has 0 fully saturated rings. The largest absolute Gasteiger partial charge is 0.507 e. The quantitative estimate of drug-likeness (QED) is 0.178. The summed E-state index contributed by atoms with van der Waals surface area (Å²) in [6.07, 6.45) is 3.02. The van der Waals surface area contributed by atoms with Crippen LogP contribution in [-0.4, -0.2) is 94.6 Å². The number of ether oxygens (including phenoxy) is 5. The number of aromatic hydroxyl groups is 2. The van der Waals surface area contributed by atoms with Crippen molar-refractivity contribution in [3.05, 3.63) is 53.3 Å². The van der Waals surface area contributed by atoms with Crippen LogP contribution in [0.15, 0.2) is 42.2 Å². The third-order valence-electron chi connectivity index (χ3n) is 9.53. The number of methoxy groups -OCH3 is 2. The molecule has 2 aromatic rings. The summed E-state index contributed by atoms with van der Waals surface area (Å²) in [5, 5.41) is 56.6. The molecule has 0 unspecified atom stereocenters. The maximum Gasteiger partial charge on any atom is 0.347 e. The first-order valence-corrected chi connectivity index (χ1v) is 16.9. The van der Waals surface area contributed by atoms with E-state index in [1.807, 2.05) is 0 Å². The van der Waals surface area contributed by atoms with Gasteiger partial charge in [0.05, 0.1) is 42.8 Å². The first-order valence-electron chi connectivity index (χ1n) is 16.9. The summed E-state index contributed by atoms with van der Waals surface area (Å²) in [7, 11) is 2.61. The third kappa shape index (κ3) is 9.47. The van der Waals surface area contributed by atoms with E-state index >= 15 is 0 Å². The summed E-state index contributed by atoms with van der Waals surface area (Å²) >= 11 is 0. The van der Waals surface area contributed by atoms with Crippen LogP contribution in [0.2, 0.25) is 0 Å². The van der Waals surface area contributed by atoms with Gasteiger partial charge in [0.25, 0.3) is 5.91 Å². The van der Waals surface area contributed by atoms with Gasteiger partial charge < -0.3 is 54.5 Å². The summed E-state index contributed by atoms with van der Waals surface area (Å²) in [6, 6.07) is 1.10. The lowest BCUT2D eigenvalue weighted by Gasteiger charge is -2.38. The number of hydrogen-bond donors (Lipinski definition) is 6. The van der Waals surface area contributed by atoms with Crippen molar-refractivity contribution in [1.82, 2.24) is 0 Å². The van der Waals surface area contributed by atoms with Gasteiger partial charge in [0.1, 0.15) is 28.9 Å². The number of anilines is 1. The van der Waals surface area contributed by atoms with E-state index in [1.54, 1.807) is 39.8 Å². The number of rotatable bonds is 6. The highest BCUT2D eigenvalue weighted by Gasteiger charge is 2.39. The van der Waals surface area contributed by atoms with E-state index in [1.165, 1.54) is 47.1 Å². The molecule has 15 nitrogen and oxygen atoms in total. The summed E-state index contributed by atoms with van der Waals surface area (Å²) in [5.74, 6) is -8.08. The summed E-state index contributed by atoms with van der Waals surface area (Å²) in [4.78, 5) is 50.9. The monoisotopic (exact) mass is 743 g/mol. The molecule has 2 aliphatic rings. The van der Waals surface area contributed by atoms with Crippen LogP contribution in [-0.2, 0) is 28.6 Å². The zero-order valence-electron chi connectivity index (χ0n) is 31.2. The van der Waals surface area contributed by atoms with E-state index in [0.29, 0.717) is 0 Å². The van der Waals surface area contributed by atoms with Crippen molar-refractivity contribution in [2.75, 3.05) is 26.1 Å². The molecule has 2 aliphatic heterocycles. The van der Waals surface area contributed by atoms with Crippen molar-refractivity contribution in [2.45, 2.75) is 72.9 Å². The van der Waals surface area contributed by atoms with Gasteiger partial charge in [-0.3, -0.25) is 9.59 Å². The minimum atomic E-state index is -1.39. The number of carbonyl (C=O) groups excluding carboxylic acids is 3. The van der Waals surface area contributed by atoms with Gasteiger partial charge in [-0.05, 0) is 19.9 Å². The molecule has 2 heterocycles. The molecule has 6 N–H and O–H groups in total. The minimum absolute atomic E-state index is 0.00341. The molecule has 0 radical (unpaired) electrons. The number of benzene rings is 2. The lowest BCUT2D eigenvalue weighted by molar-refractivity contribution is -0.160. The number of phenols is 2. The molecule has 4 bridgehead atoms. The fraction of sp³-hybridized carbons (Fsp3) is 0.474. The first-order chi connectivity index (χ1) is 24.9. The van der Waals surface area contributed by atoms with E-state index in [4.69, 9.17) is 23.7 Å². The number of amides is 1. The Morgan fingerprint density at radius 2 is 1.58 bits per heavy atom. The van der Waals surface area contributed by atoms with Gasteiger partial charge in [0.2, 0.25) is 0 Å². The molecule has 15 heteroatoms. The molecule has 0 saturated heterocycles. The number of aliphatic hydroxyl groups excluding tert-OH is 2. The molecule has 1 amide bonds. The summed E-state index contributed by atoms with van der Waals surface area (Å²) in [6.45, 7) is 9.97. The highest BCUT2D eigenvalue weighted by molar-refractivity contribution is 6.17. The standard InChI is InChI=1S/C38H49NO14/c1-17-11-10-12-18(2)37(47)39-24-15-26(52-16-27(41)42)28-29(34(24)46)33(45)22(6)36(50-9)30(28)38(48)51-14-13-25(49-8)19(3)35(53-23(7)40)21(5)32(44)20(4)31(17)43/h10-15,17,19-21,25,31-32,35,43-46H,16H2,1-9H3,(H,39,47)(H,41,42)/b11-10+,14-13+,18-12-/t17-,19+,20+,21+,25-,31-,32+,35+/m0/s1. The lowest BCUT2D eigenvalue weighted by atomic mass is 9.78. The Hall–Kier alpha value is -5.12. The van der Waals surface area contributed by atoms with Crippen LogP contribution in [0, 0.1) is 30.6 Å². The molecular weight excluding hydrogens is 694 g/mol.